The molecule has 0 radical (unpaired) electrons. The number of thioether (sulfide) groups is 1. The van der Waals surface area contributed by atoms with Gasteiger partial charge in [0.15, 0.2) is 23.2 Å². The molecule has 1 N–H and O–H groups in total. The zero-order valence-corrected chi connectivity index (χ0v) is 24.2. The molecule has 2 heterocycles. The first-order valence-electron chi connectivity index (χ1n) is 12.4. The van der Waals surface area contributed by atoms with E-state index in [0.717, 1.165) is 11.8 Å². The molecule has 218 valence electrons. The van der Waals surface area contributed by atoms with E-state index >= 15 is 0 Å². The summed E-state index contributed by atoms with van der Waals surface area (Å²) < 4.78 is 29.9. The van der Waals surface area contributed by atoms with Gasteiger partial charge < -0.3 is 33.6 Å². The van der Waals surface area contributed by atoms with Crippen LogP contribution in [0.1, 0.15) is 40.4 Å². The van der Waals surface area contributed by atoms with E-state index in [2.05, 4.69) is 15.5 Å². The number of hydrogen-bond acceptors (Lipinski definition) is 12. The number of hydrogen-bond donors (Lipinski definition) is 1. The van der Waals surface area contributed by atoms with Crippen LogP contribution in [0.15, 0.2) is 29.4 Å². The molecule has 1 amide bonds. The summed E-state index contributed by atoms with van der Waals surface area (Å²) in [6.45, 7) is 7.01. The quantitative estimate of drug-likeness (QED) is 0.298. The van der Waals surface area contributed by atoms with Gasteiger partial charge in [0.05, 0.1) is 5.02 Å². The van der Waals surface area contributed by atoms with Gasteiger partial charge in [0.25, 0.3) is 0 Å². The van der Waals surface area contributed by atoms with E-state index in [1.54, 1.807) is 28.8 Å². The highest BCUT2D eigenvalue weighted by Gasteiger charge is 2.51. The number of carbonyl (C=O) groups is 4. The monoisotopic (exact) mass is 598 g/mol. The van der Waals surface area contributed by atoms with Crippen LogP contribution in [0.4, 0.5) is 0 Å². The van der Waals surface area contributed by atoms with Crippen LogP contribution >= 0.6 is 23.4 Å². The third kappa shape index (κ3) is 8.32. The minimum absolute atomic E-state index is 0.0749. The van der Waals surface area contributed by atoms with Crippen molar-refractivity contribution in [1.29, 1.82) is 0 Å². The van der Waals surface area contributed by atoms with E-state index in [1.165, 1.54) is 27.7 Å². The Balaban J connectivity index is 1.93. The predicted molar refractivity (Wildman–Crippen MR) is 141 cm³/mol. The molecule has 2 aromatic rings. The molecule has 0 bridgehead atoms. The normalized spacial score (nSPS) is 22.2. The topological polar surface area (TPSA) is 157 Å². The Bertz CT molecular complexity index is 1230. The molecule has 0 saturated carbocycles. The van der Waals surface area contributed by atoms with Gasteiger partial charge in [-0.2, -0.15) is 0 Å². The summed E-state index contributed by atoms with van der Waals surface area (Å²) in [4.78, 5) is 47.8. The fourth-order valence-electron chi connectivity index (χ4n) is 4.03. The lowest BCUT2D eigenvalue weighted by Gasteiger charge is -2.44. The number of ether oxygens (including phenoxy) is 5. The smallest absolute Gasteiger partial charge is 0.303 e. The van der Waals surface area contributed by atoms with Crippen LogP contribution in [0.25, 0.3) is 0 Å². The molecule has 1 aliphatic rings. The second-order valence-electron chi connectivity index (χ2n) is 8.70. The lowest BCUT2D eigenvalue weighted by molar-refractivity contribution is -0.211. The third-order valence-electron chi connectivity index (χ3n) is 5.60. The average molecular weight is 599 g/mol. The first-order valence-corrected chi connectivity index (χ1v) is 13.6. The minimum Gasteiger partial charge on any atom is -0.484 e. The van der Waals surface area contributed by atoms with Crippen LogP contribution in [0, 0.1) is 0 Å². The Hall–Kier alpha value is -3.36. The standard InChI is InChI=1S/C25H31ClN4O9S/c1-6-30-20(12-36-18-10-8-7-9-17(18)26)28-29-25(30)40-24-21(27-13(2)31)23(38-16(5)34)22(37-15(4)33)19(39-24)11-35-14(3)32/h7-10,19,21-24H,6,11-12H2,1-5H3,(H,27,31)/t19-,21+,22+,23-,24-/m0/s1. The van der Waals surface area contributed by atoms with E-state index in [9.17, 15) is 19.2 Å². The molecule has 5 atom stereocenters. The number of nitrogens with one attached hydrogen (secondary N) is 1. The van der Waals surface area contributed by atoms with E-state index in [-0.39, 0.29) is 13.2 Å². The number of carbonyl (C=O) groups excluding carboxylic acids is 4. The molecule has 1 fully saturated rings. The lowest BCUT2D eigenvalue weighted by atomic mass is 9.97. The highest BCUT2D eigenvalue weighted by Crippen LogP contribution is 2.36. The molecule has 40 heavy (non-hydrogen) atoms. The summed E-state index contributed by atoms with van der Waals surface area (Å²) in [5, 5.41) is 12.1. The zero-order valence-electron chi connectivity index (χ0n) is 22.6. The average Bonchev–Trinajstić information content (AvgIpc) is 3.26. The minimum atomic E-state index is -1.18. The van der Waals surface area contributed by atoms with Crippen molar-refractivity contribution in [2.75, 3.05) is 6.61 Å². The van der Waals surface area contributed by atoms with Gasteiger partial charge in [-0.25, -0.2) is 0 Å². The molecule has 3 rings (SSSR count). The van der Waals surface area contributed by atoms with Crippen molar-refractivity contribution >= 4 is 47.2 Å². The largest absolute Gasteiger partial charge is 0.484 e. The maximum atomic E-state index is 12.2. The van der Waals surface area contributed by atoms with Crippen molar-refractivity contribution in [2.24, 2.45) is 0 Å². The summed E-state index contributed by atoms with van der Waals surface area (Å²) in [6, 6.07) is 6.05. The summed E-state index contributed by atoms with van der Waals surface area (Å²) in [5.41, 5.74) is -0.924. The van der Waals surface area contributed by atoms with Crippen LogP contribution in [-0.4, -0.2) is 75.0 Å². The zero-order chi connectivity index (χ0) is 29.4. The summed E-state index contributed by atoms with van der Waals surface area (Å²) in [6.07, 6.45) is -3.38. The van der Waals surface area contributed by atoms with Crippen LogP contribution in [0.2, 0.25) is 5.02 Å². The van der Waals surface area contributed by atoms with Crippen molar-refractivity contribution in [1.82, 2.24) is 20.1 Å². The molecule has 1 saturated heterocycles. The van der Waals surface area contributed by atoms with Crippen molar-refractivity contribution in [3.63, 3.8) is 0 Å². The number of halogens is 1. The third-order valence-corrected chi connectivity index (χ3v) is 7.06. The molecule has 0 unspecified atom stereocenters. The van der Waals surface area contributed by atoms with Crippen LogP contribution < -0.4 is 10.1 Å². The number of rotatable bonds is 11. The van der Waals surface area contributed by atoms with Crippen molar-refractivity contribution < 1.29 is 42.9 Å². The van der Waals surface area contributed by atoms with Crippen LogP contribution in [-0.2, 0) is 51.3 Å². The summed E-state index contributed by atoms with van der Waals surface area (Å²) in [5.74, 6) is -1.40. The molecular weight excluding hydrogens is 568 g/mol. The van der Waals surface area contributed by atoms with Gasteiger partial charge in [-0.15, -0.1) is 10.2 Å². The van der Waals surface area contributed by atoms with Gasteiger partial charge >= 0.3 is 17.9 Å². The van der Waals surface area contributed by atoms with Crippen molar-refractivity contribution in [3.05, 3.63) is 35.1 Å². The van der Waals surface area contributed by atoms with Crippen molar-refractivity contribution in [2.45, 2.75) is 82.7 Å². The Morgan fingerprint density at radius 3 is 2.30 bits per heavy atom. The van der Waals surface area contributed by atoms with Crippen molar-refractivity contribution in [3.8, 4) is 5.75 Å². The molecule has 15 heteroatoms. The number of para-hydroxylation sites is 1. The Kier molecular flexibility index (Phi) is 11.2. The number of benzene rings is 1. The number of amides is 1. The molecule has 1 aliphatic heterocycles. The van der Waals surface area contributed by atoms with Gasteiger partial charge in [-0.05, 0) is 19.1 Å². The van der Waals surface area contributed by atoms with Gasteiger partial charge in [0.2, 0.25) is 5.91 Å². The van der Waals surface area contributed by atoms with E-state index in [1.807, 2.05) is 6.92 Å². The molecule has 1 aromatic heterocycles. The second-order valence-corrected chi connectivity index (χ2v) is 10.2. The Labute approximate surface area is 240 Å². The maximum absolute atomic E-state index is 12.2. The molecule has 0 spiro atoms. The highest BCUT2D eigenvalue weighted by atomic mass is 35.5. The summed E-state index contributed by atoms with van der Waals surface area (Å²) in [7, 11) is 0. The second kappa shape index (κ2) is 14.3. The molecule has 1 aromatic carbocycles. The number of aromatic nitrogens is 3. The highest BCUT2D eigenvalue weighted by molar-refractivity contribution is 7.99. The first kappa shape index (κ1) is 31.2. The Morgan fingerprint density at radius 1 is 1.02 bits per heavy atom. The number of esters is 3. The molecule has 0 aliphatic carbocycles. The molecule has 13 nitrogen and oxygen atoms in total. The van der Waals surface area contributed by atoms with E-state index in [4.69, 9.17) is 35.3 Å². The van der Waals surface area contributed by atoms with Gasteiger partial charge in [0.1, 0.15) is 36.5 Å². The predicted octanol–water partition coefficient (Wildman–Crippen LogP) is 2.28. The summed E-state index contributed by atoms with van der Waals surface area (Å²) >= 11 is 7.29. The fraction of sp³-hybridized carbons (Fsp3) is 0.520. The van der Waals surface area contributed by atoms with Gasteiger partial charge in [0, 0.05) is 34.2 Å². The van der Waals surface area contributed by atoms with Gasteiger partial charge in [-0.1, -0.05) is 35.5 Å². The molecular formula is C25H31ClN4O9S. The van der Waals surface area contributed by atoms with Crippen LogP contribution in [0.5, 0.6) is 5.75 Å². The Morgan fingerprint density at radius 2 is 1.70 bits per heavy atom. The maximum Gasteiger partial charge on any atom is 0.303 e. The first-order chi connectivity index (χ1) is 19.0. The van der Waals surface area contributed by atoms with Gasteiger partial charge in [-0.3, -0.25) is 19.2 Å². The van der Waals surface area contributed by atoms with Crippen LogP contribution in [0.3, 0.4) is 0 Å². The van der Waals surface area contributed by atoms with E-state index in [0.29, 0.717) is 28.3 Å². The van der Waals surface area contributed by atoms with E-state index < -0.39 is 53.6 Å². The number of nitrogens with zero attached hydrogens (tertiary/aromatic N) is 3. The fourth-order valence-corrected chi connectivity index (χ4v) is 5.45. The lowest BCUT2D eigenvalue weighted by Crippen LogP contribution is -2.65. The SMILES string of the molecule is CCn1c(COc2ccccc2Cl)nnc1S[C@@H]1O[C@@H](COC(C)=O)[C@@H](OC(C)=O)[C@@H](OC(C)=O)[C@H]1NC(C)=O.